The highest BCUT2D eigenvalue weighted by Gasteiger charge is 2.49. The van der Waals surface area contributed by atoms with Crippen LogP contribution in [0.15, 0.2) is 64.8 Å². The molecule has 0 aliphatic carbocycles. The van der Waals surface area contributed by atoms with E-state index < -0.39 is 23.5 Å². The number of Topliss-reactive ketones (excluding diaryl/α,β-unsaturated/α-hetero) is 1. The van der Waals surface area contributed by atoms with Crippen LogP contribution in [-0.2, 0) is 9.59 Å². The molecule has 4 rings (SSSR count). The van der Waals surface area contributed by atoms with Gasteiger partial charge in [0.1, 0.15) is 29.1 Å². The number of carbonyl (C=O) groups excluding carboxylic acids is 2. The van der Waals surface area contributed by atoms with Gasteiger partial charge in [-0.25, -0.2) is 0 Å². The number of aliphatic hydroxyl groups excluding tert-OH is 1. The molecule has 1 saturated heterocycles. The van der Waals surface area contributed by atoms with E-state index in [1.54, 1.807) is 24.3 Å². The minimum atomic E-state index is -1.15. The van der Waals surface area contributed by atoms with Gasteiger partial charge >= 0.3 is 0 Å². The zero-order chi connectivity index (χ0) is 22.3. The molecule has 2 heterocycles. The Bertz CT molecular complexity index is 1220. The van der Waals surface area contributed by atoms with Crippen molar-refractivity contribution in [2.75, 3.05) is 12.0 Å². The second-order valence-corrected chi connectivity index (χ2v) is 7.49. The zero-order valence-corrected chi connectivity index (χ0v) is 17.5. The molecule has 1 aliphatic rings. The third-order valence-corrected chi connectivity index (χ3v) is 5.36. The van der Waals surface area contributed by atoms with Gasteiger partial charge in [0.2, 0.25) is 0 Å². The predicted molar refractivity (Wildman–Crippen MR) is 115 cm³/mol. The molecule has 0 spiro atoms. The first kappa shape index (κ1) is 20.8. The minimum Gasteiger partial charge on any atom is -0.507 e. The summed E-state index contributed by atoms with van der Waals surface area (Å²) in [6, 6.07) is 10.8. The summed E-state index contributed by atoms with van der Waals surface area (Å²) in [6.45, 7) is 0. The highest BCUT2D eigenvalue weighted by atomic mass is 35.5. The van der Waals surface area contributed by atoms with Gasteiger partial charge in [0.05, 0.1) is 35.2 Å². The maximum Gasteiger partial charge on any atom is 0.300 e. The average Bonchev–Trinajstić information content (AvgIpc) is 3.35. The van der Waals surface area contributed by atoms with Crippen LogP contribution in [0, 0.1) is 0 Å². The lowest BCUT2D eigenvalue weighted by Gasteiger charge is -2.24. The van der Waals surface area contributed by atoms with Crippen molar-refractivity contribution in [1.29, 1.82) is 0 Å². The Labute approximate surface area is 186 Å². The van der Waals surface area contributed by atoms with Crippen LogP contribution in [0.25, 0.3) is 5.76 Å². The number of ketones is 1. The standard InChI is InChI=1S/C22H15Cl2NO6/c1-30-21-12(9-11(23)10-13(21)24)19(27)17-18(16-7-4-8-31-16)25(22(29)20(17)28)14-5-2-3-6-15(14)26/h2-10,18,26-27H,1H3/b19-17-. The summed E-state index contributed by atoms with van der Waals surface area (Å²) in [5.41, 5.74) is -0.146. The van der Waals surface area contributed by atoms with Gasteiger partial charge in [-0.05, 0) is 36.4 Å². The number of hydrogen-bond acceptors (Lipinski definition) is 6. The van der Waals surface area contributed by atoms with Gasteiger partial charge in [-0.2, -0.15) is 0 Å². The summed E-state index contributed by atoms with van der Waals surface area (Å²) in [5, 5.41) is 21.8. The van der Waals surface area contributed by atoms with Gasteiger partial charge in [-0.15, -0.1) is 0 Å². The molecule has 0 radical (unpaired) electrons. The Balaban J connectivity index is 2.00. The lowest BCUT2D eigenvalue weighted by molar-refractivity contribution is -0.132. The molecule has 1 aliphatic heterocycles. The van der Waals surface area contributed by atoms with Crippen LogP contribution in [0.5, 0.6) is 11.5 Å². The Morgan fingerprint density at radius 1 is 1.13 bits per heavy atom. The second kappa shape index (κ2) is 8.02. The normalized spacial score (nSPS) is 17.9. The van der Waals surface area contributed by atoms with Gasteiger partial charge in [0.25, 0.3) is 11.7 Å². The molecule has 158 valence electrons. The van der Waals surface area contributed by atoms with Gasteiger partial charge < -0.3 is 19.4 Å². The third kappa shape index (κ3) is 3.41. The molecule has 2 aromatic carbocycles. The first-order chi connectivity index (χ1) is 14.8. The summed E-state index contributed by atoms with van der Waals surface area (Å²) in [4.78, 5) is 27.1. The van der Waals surface area contributed by atoms with Crippen molar-refractivity contribution in [1.82, 2.24) is 0 Å². The number of benzene rings is 2. The summed E-state index contributed by atoms with van der Waals surface area (Å²) in [6.07, 6.45) is 1.37. The lowest BCUT2D eigenvalue weighted by atomic mass is 9.98. The number of para-hydroxylation sites is 2. The summed E-state index contributed by atoms with van der Waals surface area (Å²) in [7, 11) is 1.34. The first-order valence-electron chi connectivity index (χ1n) is 9.01. The predicted octanol–water partition coefficient (Wildman–Crippen LogP) is 4.93. The van der Waals surface area contributed by atoms with Crippen LogP contribution < -0.4 is 9.64 Å². The fourth-order valence-electron chi connectivity index (χ4n) is 3.55. The number of furan rings is 1. The van der Waals surface area contributed by atoms with E-state index in [4.69, 9.17) is 32.4 Å². The summed E-state index contributed by atoms with van der Waals surface area (Å²) >= 11 is 12.3. The fraction of sp³-hybridized carbons (Fsp3) is 0.0909. The highest BCUT2D eigenvalue weighted by molar-refractivity contribution is 6.52. The molecular formula is C22H15Cl2NO6. The second-order valence-electron chi connectivity index (χ2n) is 6.64. The molecule has 0 bridgehead atoms. The van der Waals surface area contributed by atoms with Gasteiger partial charge in [-0.1, -0.05) is 35.3 Å². The van der Waals surface area contributed by atoms with Crippen molar-refractivity contribution in [2.45, 2.75) is 6.04 Å². The summed E-state index contributed by atoms with van der Waals surface area (Å²) in [5.74, 6) is -2.40. The van der Waals surface area contributed by atoms with Crippen molar-refractivity contribution >= 4 is 46.3 Å². The highest BCUT2D eigenvalue weighted by Crippen LogP contribution is 2.46. The Hall–Kier alpha value is -3.42. The Morgan fingerprint density at radius 2 is 1.87 bits per heavy atom. The number of ether oxygens (including phenoxy) is 1. The van der Waals surface area contributed by atoms with Crippen LogP contribution in [0.1, 0.15) is 17.4 Å². The van der Waals surface area contributed by atoms with Crippen LogP contribution in [-0.4, -0.2) is 29.0 Å². The number of hydrogen-bond donors (Lipinski definition) is 2. The number of aromatic hydroxyl groups is 1. The number of methoxy groups -OCH3 is 1. The average molecular weight is 460 g/mol. The van der Waals surface area contributed by atoms with Crippen molar-refractivity contribution in [3.63, 3.8) is 0 Å². The monoisotopic (exact) mass is 459 g/mol. The third-order valence-electron chi connectivity index (χ3n) is 4.87. The molecule has 1 unspecified atom stereocenters. The molecular weight excluding hydrogens is 445 g/mol. The van der Waals surface area contributed by atoms with Crippen molar-refractivity contribution < 1.29 is 29.0 Å². The number of rotatable bonds is 4. The SMILES string of the molecule is COc1c(Cl)cc(Cl)cc1/C(O)=C1/C(=O)C(=O)N(c2ccccc2O)C1c1ccco1. The molecule has 7 nitrogen and oxygen atoms in total. The molecule has 2 N–H and O–H groups in total. The van der Waals surface area contributed by atoms with Crippen LogP contribution in [0.4, 0.5) is 5.69 Å². The van der Waals surface area contributed by atoms with Crippen LogP contribution in [0.3, 0.4) is 0 Å². The number of phenols is 1. The molecule has 9 heteroatoms. The first-order valence-corrected chi connectivity index (χ1v) is 9.76. The van der Waals surface area contributed by atoms with E-state index in [9.17, 15) is 19.8 Å². The lowest BCUT2D eigenvalue weighted by Crippen LogP contribution is -2.29. The number of carbonyl (C=O) groups is 2. The maximum absolute atomic E-state index is 13.1. The van der Waals surface area contributed by atoms with Crippen molar-refractivity contribution in [3.8, 4) is 11.5 Å². The molecule has 1 aromatic heterocycles. The minimum absolute atomic E-state index is 0.0341. The van der Waals surface area contributed by atoms with E-state index in [1.165, 1.54) is 37.6 Å². The van der Waals surface area contributed by atoms with E-state index in [1.807, 2.05) is 0 Å². The molecule has 1 amide bonds. The number of halogens is 2. The van der Waals surface area contributed by atoms with Crippen LogP contribution in [0.2, 0.25) is 10.0 Å². The molecule has 0 saturated carbocycles. The van der Waals surface area contributed by atoms with E-state index in [-0.39, 0.29) is 44.1 Å². The van der Waals surface area contributed by atoms with E-state index >= 15 is 0 Å². The van der Waals surface area contributed by atoms with Crippen molar-refractivity contribution in [3.05, 3.63) is 81.7 Å². The summed E-state index contributed by atoms with van der Waals surface area (Å²) < 4.78 is 10.7. The number of aliphatic hydroxyl groups is 1. The molecule has 3 aromatic rings. The smallest absolute Gasteiger partial charge is 0.300 e. The largest absolute Gasteiger partial charge is 0.507 e. The van der Waals surface area contributed by atoms with Crippen LogP contribution >= 0.6 is 23.2 Å². The number of anilines is 1. The topological polar surface area (TPSA) is 100 Å². The number of nitrogens with zero attached hydrogens (tertiary/aromatic N) is 1. The van der Waals surface area contributed by atoms with Crippen molar-refractivity contribution in [2.24, 2.45) is 0 Å². The van der Waals surface area contributed by atoms with Gasteiger partial charge in [-0.3, -0.25) is 14.5 Å². The molecule has 31 heavy (non-hydrogen) atoms. The van der Waals surface area contributed by atoms with E-state index in [0.717, 1.165) is 4.90 Å². The maximum atomic E-state index is 13.1. The fourth-order valence-corrected chi connectivity index (χ4v) is 4.12. The van der Waals surface area contributed by atoms with E-state index in [0.29, 0.717) is 0 Å². The van der Waals surface area contributed by atoms with E-state index in [2.05, 4.69) is 0 Å². The quantitative estimate of drug-likeness (QED) is 0.326. The Kier molecular flexibility index (Phi) is 5.39. The number of phenolic OH excluding ortho intramolecular Hbond substituents is 1. The molecule has 1 fully saturated rings. The van der Waals surface area contributed by atoms with Gasteiger partial charge in [0.15, 0.2) is 0 Å². The molecule has 1 atom stereocenters. The number of amides is 1. The Morgan fingerprint density at radius 3 is 2.52 bits per heavy atom. The zero-order valence-electron chi connectivity index (χ0n) is 16.0. The van der Waals surface area contributed by atoms with Gasteiger partial charge in [0, 0.05) is 5.02 Å².